The van der Waals surface area contributed by atoms with Crippen LogP contribution >= 0.6 is 0 Å². The third-order valence-electron chi connectivity index (χ3n) is 4.83. The fourth-order valence-electron chi connectivity index (χ4n) is 3.79. The minimum Gasteiger partial charge on any atom is -0.354 e. The second kappa shape index (κ2) is 5.58. The highest BCUT2D eigenvalue weighted by Crippen LogP contribution is 2.31. The molecule has 0 bridgehead atoms. The summed E-state index contributed by atoms with van der Waals surface area (Å²) < 4.78 is 2.13. The first kappa shape index (κ1) is 15.1. The molecule has 7 nitrogen and oxygen atoms in total. The minimum atomic E-state index is -0.0858. The van der Waals surface area contributed by atoms with Gasteiger partial charge in [0, 0.05) is 30.9 Å². The molecule has 2 aromatic heterocycles. The predicted octanol–water partition coefficient (Wildman–Crippen LogP) is 1.34. The van der Waals surface area contributed by atoms with Crippen LogP contribution in [0, 0.1) is 20.8 Å². The van der Waals surface area contributed by atoms with Crippen LogP contribution in [0.25, 0.3) is 0 Å². The van der Waals surface area contributed by atoms with Crippen molar-refractivity contribution in [3.63, 3.8) is 0 Å². The number of fused-ring (bicyclic) bond motifs is 1. The Kier molecular flexibility index (Phi) is 3.51. The van der Waals surface area contributed by atoms with E-state index in [1.165, 1.54) is 5.69 Å². The summed E-state index contributed by atoms with van der Waals surface area (Å²) in [5.41, 5.74) is 3.77. The second-order valence-electron chi connectivity index (χ2n) is 6.69. The molecule has 1 fully saturated rings. The van der Waals surface area contributed by atoms with E-state index in [2.05, 4.69) is 43.0 Å². The summed E-state index contributed by atoms with van der Waals surface area (Å²) in [4.78, 5) is 23.4. The minimum absolute atomic E-state index is 0.0858. The number of aryl methyl sites for hydroxylation is 3. The van der Waals surface area contributed by atoms with Crippen molar-refractivity contribution in [1.29, 1.82) is 0 Å². The number of aromatic nitrogens is 4. The van der Waals surface area contributed by atoms with Gasteiger partial charge >= 0.3 is 0 Å². The predicted molar refractivity (Wildman–Crippen MR) is 90.4 cm³/mol. The molecule has 0 aromatic carbocycles. The Bertz CT molecular complexity index is 812. The third-order valence-corrected chi connectivity index (χ3v) is 4.83. The van der Waals surface area contributed by atoms with Crippen LogP contribution in [0.2, 0.25) is 0 Å². The van der Waals surface area contributed by atoms with E-state index in [0.29, 0.717) is 24.1 Å². The molecule has 2 aliphatic heterocycles. The van der Waals surface area contributed by atoms with Gasteiger partial charge in [0.1, 0.15) is 17.3 Å². The van der Waals surface area contributed by atoms with E-state index in [4.69, 9.17) is 0 Å². The second-order valence-corrected chi connectivity index (χ2v) is 6.69. The Morgan fingerprint density at radius 3 is 2.83 bits per heavy atom. The summed E-state index contributed by atoms with van der Waals surface area (Å²) in [5.74, 6) is 1.49. The normalized spacial score (nSPS) is 20.2. The number of hydrogen-bond acceptors (Lipinski definition) is 5. The van der Waals surface area contributed by atoms with E-state index in [9.17, 15) is 4.79 Å². The van der Waals surface area contributed by atoms with Gasteiger partial charge in [0.05, 0.1) is 11.7 Å². The monoisotopic (exact) mass is 326 g/mol. The van der Waals surface area contributed by atoms with Gasteiger partial charge in [0.25, 0.3) is 5.91 Å². The van der Waals surface area contributed by atoms with Crippen molar-refractivity contribution in [3.8, 4) is 0 Å². The van der Waals surface area contributed by atoms with E-state index >= 15 is 0 Å². The van der Waals surface area contributed by atoms with Crippen LogP contribution in [0.5, 0.6) is 0 Å². The molecule has 0 saturated carbocycles. The lowest BCUT2D eigenvalue weighted by Crippen LogP contribution is -2.35. The lowest BCUT2D eigenvalue weighted by molar-refractivity contribution is 0.0940. The van der Waals surface area contributed by atoms with Gasteiger partial charge in [-0.3, -0.25) is 9.48 Å². The summed E-state index contributed by atoms with van der Waals surface area (Å²) in [6.07, 6.45) is 1.82. The van der Waals surface area contributed by atoms with Crippen molar-refractivity contribution in [2.24, 2.45) is 0 Å². The zero-order chi connectivity index (χ0) is 16.8. The van der Waals surface area contributed by atoms with Crippen LogP contribution in [-0.4, -0.2) is 45.3 Å². The Balaban J connectivity index is 1.66. The van der Waals surface area contributed by atoms with Gasteiger partial charge in [0.2, 0.25) is 0 Å². The highest BCUT2D eigenvalue weighted by atomic mass is 16.1. The number of anilines is 1. The Labute approximate surface area is 141 Å². The van der Waals surface area contributed by atoms with Gasteiger partial charge in [-0.05, 0) is 39.7 Å². The van der Waals surface area contributed by atoms with Gasteiger partial charge in [0.15, 0.2) is 0 Å². The quantitative estimate of drug-likeness (QED) is 0.901. The third kappa shape index (κ3) is 2.44. The number of rotatable bonds is 2. The van der Waals surface area contributed by atoms with Crippen LogP contribution in [0.15, 0.2) is 6.07 Å². The standard InChI is InChI=1S/C17H22N6O/c1-10-8-11(2)23(21-10)13-5-7-22(9-13)16-14-4-6-18-17(24)15(14)19-12(3)20-16/h8,13H,4-7,9H2,1-3H3,(H,18,24). The maximum Gasteiger partial charge on any atom is 0.270 e. The summed E-state index contributed by atoms with van der Waals surface area (Å²) in [6.45, 7) is 8.42. The Morgan fingerprint density at radius 1 is 1.25 bits per heavy atom. The van der Waals surface area contributed by atoms with Crippen LogP contribution in [-0.2, 0) is 6.42 Å². The largest absolute Gasteiger partial charge is 0.354 e. The lowest BCUT2D eigenvalue weighted by Gasteiger charge is -2.25. The summed E-state index contributed by atoms with van der Waals surface area (Å²) in [6, 6.07) is 2.46. The maximum atomic E-state index is 12.1. The smallest absolute Gasteiger partial charge is 0.270 e. The Hall–Kier alpha value is -2.44. The van der Waals surface area contributed by atoms with Gasteiger partial charge in [-0.15, -0.1) is 0 Å². The van der Waals surface area contributed by atoms with Crippen molar-refractivity contribution >= 4 is 11.7 Å². The molecule has 2 aromatic rings. The van der Waals surface area contributed by atoms with Crippen molar-refractivity contribution in [2.75, 3.05) is 24.5 Å². The first-order chi connectivity index (χ1) is 11.5. The van der Waals surface area contributed by atoms with E-state index in [-0.39, 0.29) is 5.91 Å². The van der Waals surface area contributed by atoms with Gasteiger partial charge < -0.3 is 10.2 Å². The molecule has 2 aliphatic rings. The van der Waals surface area contributed by atoms with Crippen LogP contribution in [0.4, 0.5) is 5.82 Å². The number of carbonyl (C=O) groups is 1. The average Bonchev–Trinajstić information content (AvgIpc) is 3.14. The molecule has 0 radical (unpaired) electrons. The molecule has 0 aliphatic carbocycles. The highest BCUT2D eigenvalue weighted by molar-refractivity contribution is 5.96. The molecular weight excluding hydrogens is 304 g/mol. The number of nitrogens with one attached hydrogen (secondary N) is 1. The molecule has 4 rings (SSSR count). The van der Waals surface area contributed by atoms with Crippen molar-refractivity contribution < 1.29 is 4.79 Å². The summed E-state index contributed by atoms with van der Waals surface area (Å²) >= 11 is 0. The number of hydrogen-bond donors (Lipinski definition) is 1. The fourth-order valence-corrected chi connectivity index (χ4v) is 3.79. The first-order valence-corrected chi connectivity index (χ1v) is 8.46. The fraction of sp³-hybridized carbons (Fsp3) is 0.529. The molecule has 24 heavy (non-hydrogen) atoms. The summed E-state index contributed by atoms with van der Waals surface area (Å²) in [5, 5.41) is 7.50. The Morgan fingerprint density at radius 2 is 2.08 bits per heavy atom. The number of amides is 1. The molecule has 1 N–H and O–H groups in total. The van der Waals surface area contributed by atoms with Crippen molar-refractivity contribution in [3.05, 3.63) is 34.5 Å². The van der Waals surface area contributed by atoms with E-state index < -0.39 is 0 Å². The topological polar surface area (TPSA) is 75.9 Å². The van der Waals surface area contributed by atoms with E-state index in [1.54, 1.807) is 0 Å². The van der Waals surface area contributed by atoms with E-state index in [0.717, 1.165) is 43.0 Å². The maximum absolute atomic E-state index is 12.1. The van der Waals surface area contributed by atoms with Crippen LogP contribution in [0.3, 0.4) is 0 Å². The molecule has 1 unspecified atom stereocenters. The average molecular weight is 326 g/mol. The molecule has 126 valence electrons. The molecule has 1 saturated heterocycles. The highest BCUT2D eigenvalue weighted by Gasteiger charge is 2.31. The number of nitrogens with zero attached hydrogens (tertiary/aromatic N) is 5. The van der Waals surface area contributed by atoms with Gasteiger partial charge in [-0.1, -0.05) is 0 Å². The van der Waals surface area contributed by atoms with Gasteiger partial charge in [-0.2, -0.15) is 5.10 Å². The molecule has 1 atom stereocenters. The molecule has 4 heterocycles. The summed E-state index contributed by atoms with van der Waals surface area (Å²) in [7, 11) is 0. The zero-order valence-electron chi connectivity index (χ0n) is 14.3. The molecule has 1 amide bonds. The van der Waals surface area contributed by atoms with Gasteiger partial charge in [-0.25, -0.2) is 9.97 Å². The van der Waals surface area contributed by atoms with Crippen molar-refractivity contribution in [2.45, 2.75) is 39.7 Å². The number of carbonyl (C=O) groups excluding carboxylic acids is 1. The molecule has 7 heteroatoms. The van der Waals surface area contributed by atoms with E-state index in [1.807, 2.05) is 13.8 Å². The van der Waals surface area contributed by atoms with Crippen LogP contribution in [0.1, 0.15) is 45.7 Å². The molecular formula is C17H22N6O. The lowest BCUT2D eigenvalue weighted by atomic mass is 10.1. The van der Waals surface area contributed by atoms with Crippen LogP contribution < -0.4 is 10.2 Å². The van der Waals surface area contributed by atoms with Crippen molar-refractivity contribution in [1.82, 2.24) is 25.1 Å². The first-order valence-electron chi connectivity index (χ1n) is 8.46. The SMILES string of the molecule is Cc1cc(C)n(C2CCN(c3nc(C)nc4c3CCNC4=O)C2)n1. The molecule has 0 spiro atoms. The zero-order valence-corrected chi connectivity index (χ0v) is 14.3.